The predicted molar refractivity (Wildman–Crippen MR) is 144 cm³/mol. The molecular weight excluding hydrogens is 525 g/mol. The average molecular weight is 548 g/mol. The Hall–Kier alpha value is -4.64. The molecule has 0 fully saturated rings. The number of carbonyl (C=O) groups is 1. The van der Waals surface area contributed by atoms with Crippen molar-refractivity contribution < 1.29 is 18.7 Å². The Morgan fingerprint density at radius 3 is 2.72 bits per heavy atom. The minimum absolute atomic E-state index is 0.0348. The van der Waals surface area contributed by atoms with E-state index in [0.717, 1.165) is 5.56 Å². The Kier molecular flexibility index (Phi) is 7.07. The van der Waals surface area contributed by atoms with Gasteiger partial charge in [0.1, 0.15) is 22.9 Å². The number of hydrogen-bond acceptors (Lipinski definition) is 9. The van der Waals surface area contributed by atoms with E-state index in [-0.39, 0.29) is 35.1 Å². The molecule has 39 heavy (non-hydrogen) atoms. The van der Waals surface area contributed by atoms with Gasteiger partial charge in [-0.15, -0.1) is 0 Å². The van der Waals surface area contributed by atoms with Crippen LogP contribution in [-0.4, -0.2) is 42.6 Å². The molecule has 0 aliphatic heterocycles. The fraction of sp³-hybridized carbons (Fsp3) is 0.185. The normalized spacial score (nSPS) is 11.1. The van der Waals surface area contributed by atoms with E-state index in [2.05, 4.69) is 24.9 Å². The summed E-state index contributed by atoms with van der Waals surface area (Å²) in [6.07, 6.45) is 4.98. The molecule has 0 atom stereocenters. The summed E-state index contributed by atoms with van der Waals surface area (Å²) >= 11 is 6.22. The van der Waals surface area contributed by atoms with Crippen LogP contribution in [0.5, 0.6) is 11.8 Å². The van der Waals surface area contributed by atoms with Crippen LogP contribution in [0.2, 0.25) is 5.15 Å². The molecule has 0 amide bonds. The summed E-state index contributed by atoms with van der Waals surface area (Å²) in [5.41, 5.74) is 10.7. The first-order valence-electron chi connectivity index (χ1n) is 11.8. The molecule has 0 radical (unpaired) electrons. The van der Waals surface area contributed by atoms with Crippen LogP contribution >= 0.6 is 11.6 Å². The second-order valence-corrected chi connectivity index (χ2v) is 9.10. The van der Waals surface area contributed by atoms with Gasteiger partial charge in [-0.25, -0.2) is 29.3 Å². The molecule has 0 aliphatic rings. The van der Waals surface area contributed by atoms with Gasteiger partial charge in [-0.2, -0.15) is 0 Å². The van der Waals surface area contributed by atoms with Crippen LogP contribution in [0.4, 0.5) is 10.2 Å². The molecule has 5 aromatic rings. The van der Waals surface area contributed by atoms with E-state index < -0.39 is 5.82 Å². The average Bonchev–Trinajstić information content (AvgIpc) is 3.21. The minimum atomic E-state index is -0.629. The molecule has 4 aromatic heterocycles. The largest absolute Gasteiger partial charge is 0.469 e. The van der Waals surface area contributed by atoms with Crippen molar-refractivity contribution >= 4 is 34.4 Å². The summed E-state index contributed by atoms with van der Waals surface area (Å²) in [6.45, 7) is 1.79. The fourth-order valence-electron chi connectivity index (χ4n) is 4.41. The molecule has 0 bridgehead atoms. The quantitative estimate of drug-likeness (QED) is 0.219. The predicted octanol–water partition coefficient (Wildman–Crippen LogP) is 5.07. The van der Waals surface area contributed by atoms with E-state index in [1.165, 1.54) is 31.8 Å². The van der Waals surface area contributed by atoms with Crippen molar-refractivity contribution in [3.63, 3.8) is 0 Å². The maximum Gasteiger partial charge on any atom is 0.322 e. The monoisotopic (exact) mass is 547 g/mol. The van der Waals surface area contributed by atoms with Gasteiger partial charge in [-0.05, 0) is 48.7 Å². The SMILES string of the molecule is COC(=O)CCc1cc(Cl)ncc1-c1c(-c2ccc(Oc3nccc(C)n3)c(F)c2)c2c(N)ncnc2n1C. The number of nitrogens with zero attached hydrogens (tertiary/aromatic N) is 6. The Bertz CT molecular complexity index is 1720. The molecule has 0 saturated carbocycles. The molecule has 0 aliphatic carbocycles. The highest BCUT2D eigenvalue weighted by Gasteiger charge is 2.25. The summed E-state index contributed by atoms with van der Waals surface area (Å²) in [4.78, 5) is 33.0. The van der Waals surface area contributed by atoms with Crippen LogP contribution in [-0.2, 0) is 23.0 Å². The molecule has 2 N–H and O–H groups in total. The second kappa shape index (κ2) is 10.6. The van der Waals surface area contributed by atoms with Gasteiger partial charge in [-0.3, -0.25) is 4.79 Å². The number of halogens is 2. The number of rotatable bonds is 7. The minimum Gasteiger partial charge on any atom is -0.469 e. The number of methoxy groups -OCH3 is 1. The lowest BCUT2D eigenvalue weighted by Gasteiger charge is -2.14. The lowest BCUT2D eigenvalue weighted by atomic mass is 9.95. The van der Waals surface area contributed by atoms with Crippen molar-refractivity contribution in [3.05, 3.63) is 71.3 Å². The van der Waals surface area contributed by atoms with Gasteiger partial charge in [0.2, 0.25) is 0 Å². The number of benzene rings is 1. The van der Waals surface area contributed by atoms with Crippen molar-refractivity contribution in [1.82, 2.24) is 29.5 Å². The van der Waals surface area contributed by atoms with Gasteiger partial charge in [-0.1, -0.05) is 17.7 Å². The third-order valence-electron chi connectivity index (χ3n) is 6.23. The maximum atomic E-state index is 15.4. The van der Waals surface area contributed by atoms with Gasteiger partial charge >= 0.3 is 12.0 Å². The number of aryl methyl sites for hydroxylation is 3. The van der Waals surface area contributed by atoms with E-state index >= 15 is 4.39 Å². The first-order chi connectivity index (χ1) is 18.8. The molecular formula is C27H23ClFN7O3. The van der Waals surface area contributed by atoms with E-state index in [0.29, 0.717) is 45.5 Å². The number of nitrogens with two attached hydrogens (primary N) is 1. The number of esters is 1. The summed E-state index contributed by atoms with van der Waals surface area (Å²) in [7, 11) is 3.15. The number of fused-ring (bicyclic) bond motifs is 1. The molecule has 12 heteroatoms. The number of anilines is 1. The Morgan fingerprint density at radius 2 is 1.97 bits per heavy atom. The lowest BCUT2D eigenvalue weighted by Crippen LogP contribution is -2.04. The third kappa shape index (κ3) is 5.08. The zero-order chi connectivity index (χ0) is 27.7. The highest BCUT2D eigenvalue weighted by molar-refractivity contribution is 6.29. The van der Waals surface area contributed by atoms with Crippen LogP contribution in [0.1, 0.15) is 17.7 Å². The number of nitrogen functional groups attached to an aromatic ring is 1. The molecule has 1 aromatic carbocycles. The summed E-state index contributed by atoms with van der Waals surface area (Å²) in [5.74, 6) is -0.807. The van der Waals surface area contributed by atoms with E-state index in [9.17, 15) is 4.79 Å². The number of ether oxygens (including phenoxy) is 2. The second-order valence-electron chi connectivity index (χ2n) is 8.71. The van der Waals surface area contributed by atoms with Gasteiger partial charge < -0.3 is 19.8 Å². The van der Waals surface area contributed by atoms with E-state index in [1.54, 1.807) is 31.3 Å². The van der Waals surface area contributed by atoms with Gasteiger partial charge in [0.25, 0.3) is 0 Å². The Morgan fingerprint density at radius 1 is 1.15 bits per heavy atom. The number of hydrogen-bond donors (Lipinski definition) is 1. The van der Waals surface area contributed by atoms with Crippen LogP contribution in [0, 0.1) is 12.7 Å². The van der Waals surface area contributed by atoms with Gasteiger partial charge in [0.05, 0.1) is 18.2 Å². The van der Waals surface area contributed by atoms with Crippen LogP contribution in [0.3, 0.4) is 0 Å². The molecule has 0 unspecified atom stereocenters. The topological polar surface area (TPSA) is 131 Å². The molecule has 0 saturated heterocycles. The highest BCUT2D eigenvalue weighted by Crippen LogP contribution is 2.43. The van der Waals surface area contributed by atoms with E-state index in [4.69, 9.17) is 26.8 Å². The van der Waals surface area contributed by atoms with Crippen LogP contribution in [0.15, 0.2) is 49.1 Å². The van der Waals surface area contributed by atoms with Gasteiger partial charge in [0, 0.05) is 42.7 Å². The summed E-state index contributed by atoms with van der Waals surface area (Å²) in [6, 6.07) is 7.98. The molecule has 10 nitrogen and oxygen atoms in total. The maximum absolute atomic E-state index is 15.4. The van der Waals surface area contributed by atoms with Crippen molar-refractivity contribution in [2.75, 3.05) is 12.8 Å². The summed E-state index contributed by atoms with van der Waals surface area (Å²) < 4.78 is 27.6. The Labute approximate surface area is 227 Å². The molecule has 5 rings (SSSR count). The number of pyridine rings is 1. The number of aromatic nitrogens is 6. The van der Waals surface area contributed by atoms with Crippen molar-refractivity contribution in [3.8, 4) is 34.1 Å². The first kappa shape index (κ1) is 26.0. The van der Waals surface area contributed by atoms with Crippen molar-refractivity contribution in [1.29, 1.82) is 0 Å². The van der Waals surface area contributed by atoms with Crippen molar-refractivity contribution in [2.45, 2.75) is 19.8 Å². The Balaban J connectivity index is 1.69. The zero-order valence-electron chi connectivity index (χ0n) is 21.3. The summed E-state index contributed by atoms with van der Waals surface area (Å²) in [5, 5.41) is 0.808. The molecule has 198 valence electrons. The smallest absolute Gasteiger partial charge is 0.322 e. The molecule has 4 heterocycles. The standard InChI is InChI=1S/C27H23ClFN7O3/c1-14-8-9-31-27(35-14)39-19-6-4-16(10-18(19)29)22-23-25(30)33-13-34-26(23)36(2)24(22)17-12-32-20(28)11-15(17)5-7-21(37)38-3/h4,6,8-13H,5,7H2,1-3H3,(H2,30,33,34). The van der Waals surface area contributed by atoms with Crippen LogP contribution < -0.4 is 10.5 Å². The number of carbonyl (C=O) groups excluding carboxylic acids is 1. The van der Waals surface area contributed by atoms with Crippen LogP contribution in [0.25, 0.3) is 33.4 Å². The first-order valence-corrected chi connectivity index (χ1v) is 12.2. The lowest BCUT2D eigenvalue weighted by molar-refractivity contribution is -0.140. The van der Waals surface area contributed by atoms with Gasteiger partial charge in [0.15, 0.2) is 11.6 Å². The molecule has 0 spiro atoms. The van der Waals surface area contributed by atoms with E-state index in [1.807, 2.05) is 11.6 Å². The zero-order valence-corrected chi connectivity index (χ0v) is 22.0. The highest BCUT2D eigenvalue weighted by atomic mass is 35.5. The third-order valence-corrected chi connectivity index (χ3v) is 6.44. The van der Waals surface area contributed by atoms with Crippen molar-refractivity contribution in [2.24, 2.45) is 7.05 Å². The fourth-order valence-corrected chi connectivity index (χ4v) is 4.59.